The first kappa shape index (κ1) is 97.6. The molecule has 0 aromatic carbocycles. The van der Waals surface area contributed by atoms with Gasteiger partial charge in [-0.2, -0.15) is 11.1 Å². The van der Waals surface area contributed by atoms with E-state index in [1.165, 1.54) is 0 Å². The Morgan fingerprint density at radius 2 is 0.0656 bits per heavy atom. The van der Waals surface area contributed by atoms with Crippen LogP contribution >= 0.6 is 0 Å². The molecule has 0 aliphatic carbocycles. The summed E-state index contributed by atoms with van der Waals surface area (Å²) in [4.78, 5) is 0. The predicted molar refractivity (Wildman–Crippen MR) is 297 cm³/mol. The minimum atomic E-state index is 2.50. The van der Waals surface area contributed by atoms with Crippen LogP contribution in [0.1, 0.15) is 0 Å². The van der Waals surface area contributed by atoms with Crippen LogP contribution in [0.15, 0.2) is 627 Å². The Morgan fingerprint density at radius 1 is 0.0410 bits per heavy atom. The summed E-state index contributed by atoms with van der Waals surface area (Å²) in [5.41, 5.74) is 12.5. The van der Waals surface area contributed by atoms with Crippen LogP contribution in [0.4, 0.5) is 0 Å². The molecule has 0 bridgehead atoms. The monoisotopic (exact) mass is 1710 g/mol. The van der Waals surface area contributed by atoms with Crippen LogP contribution in [0, 0.1) is 11.1 Å². The Labute approximate surface area is 637 Å². The normalized spacial score (nSPS) is 15.6. The molecule has 0 aliphatic heterocycles. The first-order chi connectivity index (χ1) is 60.9. The summed E-state index contributed by atoms with van der Waals surface area (Å²) in [6.07, 6.45) is 0. The molecule has 122 heteroatoms. The Morgan fingerprint density at radius 3 is 0.0902 bits per heavy atom. The quantitative estimate of drug-likeness (QED) is 0.0424. The fraction of sp³-hybridized carbons (Fsp3) is 0. The third-order valence-electron chi connectivity index (χ3n) is 4.77. The van der Waals surface area contributed by atoms with Gasteiger partial charge in [-0.05, 0) is 83.6 Å². The van der Waals surface area contributed by atoms with E-state index in [9.17, 15) is 0 Å². The standard InChI is InChI=1S/H2N122/c1-3-5-7-9-11-13-15-17-19-21-23-25-27-29-31-33-35-37-39-41-43-45-47-49-51-53-55-57-59-61-63-65-67-69-71-73-75-77-79-81-83-85-87-89-91-93-95-97-99-101-103-105-107-109-111-113-115-117-119-121-122-120-118-116-114-112-110-108-106-104-102-100-98-96-94-92-90-88-86-84-82-80-78-76-74-72-70-68-66-64-62-60-58-56-54-52-50-48-46-44-42-40-38-36-34-32-30-28-26-24-22-20-18-16-14-12-10-8-6-4-2/h1-2H/b3-1?,4-2?,7-5+,8-6+,11-9+,12-10+,15-13+,16-14+,19-17+,20-18+,23-21+,24-22+,27-25+,28-26+,31-29+,32-30+,35-33+,36-34+,39-37+,40-38+,43-41+,44-42+,47-45+,48-46+,51-49+,52-50+,55-53+,56-54+,59-57+,60-58+,63-61+,64-62+,67-65+,68-66+,71-69+,72-70+,75-73+,76-74+,79-77+,80-78+,83-81+,84-82+,87-85+,88-86+,91-89+,92-90+,95-93+,96-94+,99-97+,100-98+,103-101+,104-102+,107-105+,108-106+,111-109+,112-110+,115-113+,116-114+,119-117+,120-118+,122-121+. The lowest BCUT2D eigenvalue weighted by Crippen LogP contribution is -1.52. The van der Waals surface area contributed by atoms with Crippen LogP contribution in [-0.2, 0) is 0 Å². The summed E-state index contributed by atoms with van der Waals surface area (Å²) < 4.78 is 0. The van der Waals surface area contributed by atoms with Crippen molar-refractivity contribution >= 4 is 0 Å². The average Bonchev–Trinajstić information content (AvgIpc) is 1.30. The molecule has 0 aromatic rings. The molecular weight excluding hydrogens is 1710 g/mol. The van der Waals surface area contributed by atoms with Crippen LogP contribution in [0.2, 0.25) is 0 Å². The van der Waals surface area contributed by atoms with Gasteiger partial charge in [0.15, 0.2) is 0 Å². The van der Waals surface area contributed by atoms with Crippen molar-refractivity contribution in [1.82, 2.24) is 0 Å². The zero-order chi connectivity index (χ0) is 86.9. The van der Waals surface area contributed by atoms with E-state index in [0.29, 0.717) is 0 Å². The molecule has 0 unspecified atom stereocenters. The lowest BCUT2D eigenvalue weighted by Gasteiger charge is -1.71. The number of nitrogens with zero attached hydrogens (tertiary/aromatic N) is 120. The molecule has 0 amide bonds. The van der Waals surface area contributed by atoms with Gasteiger partial charge in [-0.1, -0.05) is 0 Å². The molecule has 0 radical (unpaired) electrons. The first-order valence-electron chi connectivity index (χ1n) is 24.2. The van der Waals surface area contributed by atoms with E-state index in [0.717, 1.165) is 0 Å². The second kappa shape index (κ2) is 96.6. The van der Waals surface area contributed by atoms with Gasteiger partial charge in [-0.3, -0.25) is 0 Å². The van der Waals surface area contributed by atoms with Gasteiger partial charge in [0.05, 0.1) is 0 Å². The Balaban J connectivity index is 4.13. The molecule has 0 aromatic heterocycles. The summed E-state index contributed by atoms with van der Waals surface area (Å²) in [5.74, 6) is 0. The number of hydrogen-bond donors (Lipinski definition) is 2. The van der Waals surface area contributed by atoms with Crippen LogP contribution in [0.3, 0.4) is 0 Å². The van der Waals surface area contributed by atoms with Gasteiger partial charge in [0.1, 0.15) is 0 Å². The summed E-state index contributed by atoms with van der Waals surface area (Å²) in [7, 11) is 0. The summed E-state index contributed by atoms with van der Waals surface area (Å²) in [6.45, 7) is 0. The molecule has 0 heterocycles. The average molecular weight is 1710 g/mol. The lowest BCUT2D eigenvalue weighted by molar-refractivity contribution is 0.722. The summed E-state index contributed by atoms with van der Waals surface area (Å²) in [6, 6.07) is 0. The zero-order valence-electron chi connectivity index (χ0n) is 54.7. The summed E-state index contributed by atoms with van der Waals surface area (Å²) >= 11 is 0. The molecule has 0 spiro atoms. The van der Waals surface area contributed by atoms with Crippen molar-refractivity contribution in [3.05, 3.63) is 0 Å². The van der Waals surface area contributed by atoms with E-state index >= 15 is 0 Å². The topological polar surface area (TPSA) is 1530 Å². The number of rotatable bonds is 60. The first-order valence-corrected chi connectivity index (χ1v) is 24.2. The van der Waals surface area contributed by atoms with Crippen molar-refractivity contribution in [1.29, 1.82) is 11.1 Å². The third kappa shape index (κ3) is 95.6. The van der Waals surface area contributed by atoms with Gasteiger partial charge < -0.3 is 0 Å². The molecule has 0 aliphatic rings. The minimum absolute atomic E-state index is 2.50. The molecule has 122 heavy (non-hydrogen) atoms. The predicted octanol–water partition coefficient (Wildman–Crippen LogP) is 22.6. The van der Waals surface area contributed by atoms with Gasteiger partial charge >= 0.3 is 0 Å². The maximum atomic E-state index is 6.27. The highest BCUT2D eigenvalue weighted by atomic mass is 15.8. The van der Waals surface area contributed by atoms with E-state index in [4.69, 9.17) is 11.1 Å². The molecular formula is H2N122. The number of nitrogens with one attached hydrogen (secondary N) is 2. The van der Waals surface area contributed by atoms with Crippen molar-refractivity contribution in [2.75, 3.05) is 0 Å². The maximum absolute atomic E-state index is 6.27. The second-order valence-electron chi connectivity index (χ2n) is 10.8. The Hall–Kier alpha value is -24.4. The highest BCUT2D eigenvalue weighted by molar-refractivity contribution is 4.25. The smallest absolute Gasteiger partial charge is 0 e. The Kier molecular flexibility index (Phi) is 77.3. The van der Waals surface area contributed by atoms with Crippen LogP contribution in [0.25, 0.3) is 0 Å². The molecule has 0 saturated carbocycles. The van der Waals surface area contributed by atoms with Gasteiger partial charge in [0.25, 0.3) is 0 Å². The highest BCUT2D eigenvalue weighted by Crippen LogP contribution is 2.01. The van der Waals surface area contributed by atoms with Crippen molar-refractivity contribution in [2.45, 2.75) is 0 Å². The molecule has 612 valence electrons. The van der Waals surface area contributed by atoms with Gasteiger partial charge in [-0.25, -0.2) is 0 Å². The fourth-order valence-electron chi connectivity index (χ4n) is 2.12. The Bertz CT molecular complexity index is 4240. The van der Waals surface area contributed by atoms with Gasteiger partial charge in [0.2, 0.25) is 0 Å². The van der Waals surface area contributed by atoms with E-state index in [-0.39, 0.29) is 0 Å². The number of hydrogen-bond acceptors (Lipinski definition) is 2. The molecule has 0 fully saturated rings. The van der Waals surface area contributed by atoms with Crippen LogP contribution < -0.4 is 0 Å². The van der Waals surface area contributed by atoms with Crippen molar-refractivity contribution in [3.8, 4) is 0 Å². The van der Waals surface area contributed by atoms with E-state index in [1.807, 2.05) is 0 Å². The zero-order valence-corrected chi connectivity index (χ0v) is 54.7. The van der Waals surface area contributed by atoms with Crippen LogP contribution in [-0.4, -0.2) is 0 Å². The van der Waals surface area contributed by atoms with Crippen molar-refractivity contribution < 1.29 is 0 Å². The van der Waals surface area contributed by atoms with Crippen molar-refractivity contribution in [2.24, 2.45) is 627 Å². The van der Waals surface area contributed by atoms with Crippen molar-refractivity contribution in [3.63, 3.8) is 0 Å². The highest BCUT2D eigenvalue weighted by Gasteiger charge is 1.82. The minimum Gasteiger partial charge on any atom is -0.183 e. The SMILES string of the molecule is N=N/N=N/N=N/N=N/N=N/N=N/N=N/N=N/N=N/N=N/N=N/N=N/N=N/N=N/N=N/N=N/N=N/N=N/N=N/N=N/N=N/N=N/N=N/N=N/N=N/N=N/N=N/N=N/N=N/N=N/N=N/N=N/N=N/N=N/N=N/N=N/N=N/N=N/N=N/N=N/N=N/N=N/N=N/N=N/N=N/N=N/N=N/N=N/N=N/N=N/N=N/N=N/N=N/N=N/N=N/N=N/N=N/N=N/N=N/N=N/N=N. The molecule has 0 atom stereocenters. The molecule has 0 rings (SSSR count). The fourth-order valence-corrected chi connectivity index (χ4v) is 2.12. The summed E-state index contributed by atoms with van der Waals surface area (Å²) in [5, 5.41) is 357. The van der Waals surface area contributed by atoms with Gasteiger partial charge in [0, 0.05) is 543 Å². The van der Waals surface area contributed by atoms with E-state index < -0.39 is 0 Å². The maximum Gasteiger partial charge on any atom is 0 e. The molecule has 2 N–H and O–H groups in total. The third-order valence-corrected chi connectivity index (χ3v) is 4.77. The van der Waals surface area contributed by atoms with Crippen LogP contribution in [0.5, 0.6) is 0 Å². The van der Waals surface area contributed by atoms with E-state index in [1.54, 1.807) is 0 Å². The lowest BCUT2D eigenvalue weighted by atomic mass is 12.3. The van der Waals surface area contributed by atoms with E-state index in [2.05, 4.69) is 627 Å². The second-order valence-corrected chi connectivity index (χ2v) is 10.8. The van der Waals surface area contributed by atoms with Gasteiger partial charge in [-0.15, -0.1) is 0 Å². The molecule has 122 nitrogen and oxygen atoms in total. The molecule has 0 saturated heterocycles. The largest absolute Gasteiger partial charge is 0.183 e.